The Balaban J connectivity index is 1.67. The van der Waals surface area contributed by atoms with Crippen LogP contribution in [-0.2, 0) is 0 Å². The van der Waals surface area contributed by atoms with Gasteiger partial charge in [-0.3, -0.25) is 0 Å². The number of hydrogen-bond donors (Lipinski definition) is 4. The van der Waals surface area contributed by atoms with Crippen molar-refractivity contribution in [3.8, 4) is 5.75 Å². The van der Waals surface area contributed by atoms with E-state index in [9.17, 15) is 4.79 Å². The Labute approximate surface area is 140 Å². The molecule has 0 spiro atoms. The molecule has 0 radical (unpaired) electrons. The third-order valence-corrected chi connectivity index (χ3v) is 4.02. The highest BCUT2D eigenvalue weighted by atomic mass is 16.5. The van der Waals surface area contributed by atoms with Crippen LogP contribution in [0.25, 0.3) is 0 Å². The number of piperidine rings is 1. The fourth-order valence-electron chi connectivity index (χ4n) is 2.68. The Morgan fingerprint density at radius 1 is 1.17 bits per heavy atom. The summed E-state index contributed by atoms with van der Waals surface area (Å²) in [6, 6.07) is 12.2. The smallest absolute Gasteiger partial charge is 0.335 e. The number of nitrogen functional groups attached to an aromatic ring is 1. The van der Waals surface area contributed by atoms with E-state index < -0.39 is 5.97 Å². The number of rotatable bonds is 5. The molecule has 0 bridgehead atoms. The molecule has 24 heavy (non-hydrogen) atoms. The maximum absolute atomic E-state index is 11.1. The van der Waals surface area contributed by atoms with Crippen LogP contribution in [0.4, 0.5) is 17.1 Å². The molecule has 0 unspecified atom stereocenters. The topological polar surface area (TPSA) is 96.6 Å². The lowest BCUT2D eigenvalue weighted by Gasteiger charge is -2.23. The summed E-state index contributed by atoms with van der Waals surface area (Å²) in [6.45, 7) is 1.98. The lowest BCUT2D eigenvalue weighted by molar-refractivity contribution is 0.0697. The number of carboxylic acids is 1. The van der Waals surface area contributed by atoms with Crippen LogP contribution in [0, 0.1) is 0 Å². The van der Waals surface area contributed by atoms with E-state index in [4.69, 9.17) is 15.6 Å². The Morgan fingerprint density at radius 3 is 2.54 bits per heavy atom. The molecule has 6 nitrogen and oxygen atoms in total. The number of hydrogen-bond acceptors (Lipinski definition) is 5. The van der Waals surface area contributed by atoms with Crippen LogP contribution in [0.5, 0.6) is 5.75 Å². The van der Waals surface area contributed by atoms with Crippen molar-refractivity contribution in [3.05, 3.63) is 48.0 Å². The molecule has 1 heterocycles. The molecule has 5 N–H and O–H groups in total. The fourth-order valence-corrected chi connectivity index (χ4v) is 2.68. The molecule has 1 fully saturated rings. The average molecular weight is 327 g/mol. The molecule has 126 valence electrons. The van der Waals surface area contributed by atoms with Crippen molar-refractivity contribution in [2.45, 2.75) is 18.9 Å². The Hall–Kier alpha value is -2.73. The number of carboxylic acid groups (broad SMARTS) is 1. The van der Waals surface area contributed by atoms with Gasteiger partial charge in [-0.2, -0.15) is 0 Å². The zero-order chi connectivity index (χ0) is 16.9. The lowest BCUT2D eigenvalue weighted by Crippen LogP contribution is -2.34. The summed E-state index contributed by atoms with van der Waals surface area (Å²) in [7, 11) is 0. The first kappa shape index (κ1) is 16.1. The van der Waals surface area contributed by atoms with E-state index in [0.29, 0.717) is 11.4 Å². The van der Waals surface area contributed by atoms with Crippen LogP contribution in [-0.4, -0.2) is 30.3 Å². The molecular formula is C18H21N3O3. The van der Waals surface area contributed by atoms with Gasteiger partial charge in [-0.1, -0.05) is 0 Å². The minimum Gasteiger partial charge on any atom is -0.490 e. The van der Waals surface area contributed by atoms with Crippen molar-refractivity contribution in [2.75, 3.05) is 24.1 Å². The number of nitrogens with two attached hydrogens (primary N) is 1. The molecule has 1 aliphatic heterocycles. The van der Waals surface area contributed by atoms with Gasteiger partial charge in [-0.05, 0) is 68.4 Å². The van der Waals surface area contributed by atoms with E-state index >= 15 is 0 Å². The molecule has 1 saturated heterocycles. The van der Waals surface area contributed by atoms with Crippen molar-refractivity contribution < 1.29 is 14.6 Å². The third-order valence-electron chi connectivity index (χ3n) is 4.02. The first-order valence-corrected chi connectivity index (χ1v) is 7.99. The molecule has 0 aromatic heterocycles. The van der Waals surface area contributed by atoms with Gasteiger partial charge < -0.3 is 26.2 Å². The largest absolute Gasteiger partial charge is 0.490 e. The van der Waals surface area contributed by atoms with Gasteiger partial charge in [0.1, 0.15) is 11.9 Å². The second kappa shape index (κ2) is 7.23. The quantitative estimate of drug-likeness (QED) is 0.631. The number of anilines is 3. The molecule has 2 aromatic rings. The SMILES string of the molecule is Nc1ccc(C(=O)O)cc1Nc1ccc(OC2CCNCC2)cc1. The molecule has 0 aliphatic carbocycles. The Kier molecular flexibility index (Phi) is 4.86. The molecule has 1 aliphatic rings. The van der Waals surface area contributed by atoms with Crippen molar-refractivity contribution >= 4 is 23.0 Å². The van der Waals surface area contributed by atoms with Gasteiger partial charge in [0.2, 0.25) is 0 Å². The van der Waals surface area contributed by atoms with Gasteiger partial charge in [-0.15, -0.1) is 0 Å². The predicted molar refractivity (Wildman–Crippen MR) is 94.1 cm³/mol. The van der Waals surface area contributed by atoms with Gasteiger partial charge in [0, 0.05) is 5.69 Å². The Bertz CT molecular complexity index is 710. The summed E-state index contributed by atoms with van der Waals surface area (Å²) in [5.74, 6) is -0.150. The third kappa shape index (κ3) is 3.97. The molecule has 2 aromatic carbocycles. The molecule has 6 heteroatoms. The number of aromatic carboxylic acids is 1. The van der Waals surface area contributed by atoms with E-state index in [-0.39, 0.29) is 11.7 Å². The van der Waals surface area contributed by atoms with Gasteiger partial charge in [-0.25, -0.2) is 4.79 Å². The average Bonchev–Trinajstić information content (AvgIpc) is 2.59. The monoisotopic (exact) mass is 327 g/mol. The summed E-state index contributed by atoms with van der Waals surface area (Å²) >= 11 is 0. The van der Waals surface area contributed by atoms with Crippen LogP contribution in [0.1, 0.15) is 23.2 Å². The minimum atomic E-state index is -0.983. The van der Waals surface area contributed by atoms with Gasteiger partial charge in [0.15, 0.2) is 0 Å². The minimum absolute atomic E-state index is 0.192. The maximum atomic E-state index is 11.1. The summed E-state index contributed by atoms with van der Waals surface area (Å²) < 4.78 is 5.96. The normalized spacial score (nSPS) is 15.0. The van der Waals surface area contributed by atoms with Crippen LogP contribution in [0.15, 0.2) is 42.5 Å². The van der Waals surface area contributed by atoms with Crippen molar-refractivity contribution in [2.24, 2.45) is 0 Å². The van der Waals surface area contributed by atoms with Crippen molar-refractivity contribution in [3.63, 3.8) is 0 Å². The first-order chi connectivity index (χ1) is 11.6. The van der Waals surface area contributed by atoms with E-state index in [0.717, 1.165) is 37.4 Å². The zero-order valence-corrected chi connectivity index (χ0v) is 13.3. The standard InChI is InChI=1S/C18H21N3O3/c19-16-6-1-12(18(22)23)11-17(16)21-13-2-4-14(5-3-13)24-15-7-9-20-10-8-15/h1-6,11,15,20-21H,7-10,19H2,(H,22,23). The second-order valence-electron chi connectivity index (χ2n) is 5.82. The van der Waals surface area contributed by atoms with Crippen molar-refractivity contribution in [1.82, 2.24) is 5.32 Å². The summed E-state index contributed by atoms with van der Waals surface area (Å²) in [5, 5.41) is 15.5. The molecular weight excluding hydrogens is 306 g/mol. The molecule has 3 rings (SSSR count). The highest BCUT2D eigenvalue weighted by Crippen LogP contribution is 2.26. The molecule has 0 saturated carbocycles. The second-order valence-corrected chi connectivity index (χ2v) is 5.82. The Morgan fingerprint density at radius 2 is 1.88 bits per heavy atom. The summed E-state index contributed by atoms with van der Waals surface area (Å²) in [5.41, 5.74) is 7.98. The zero-order valence-electron chi connectivity index (χ0n) is 13.3. The summed E-state index contributed by atoms with van der Waals surface area (Å²) in [6.07, 6.45) is 2.28. The number of benzene rings is 2. The maximum Gasteiger partial charge on any atom is 0.335 e. The highest BCUT2D eigenvalue weighted by Gasteiger charge is 2.14. The highest BCUT2D eigenvalue weighted by molar-refractivity contribution is 5.91. The van der Waals surface area contributed by atoms with Gasteiger partial charge >= 0.3 is 5.97 Å². The van der Waals surface area contributed by atoms with Crippen LogP contribution in [0.2, 0.25) is 0 Å². The lowest BCUT2D eigenvalue weighted by atomic mass is 10.1. The number of carbonyl (C=O) groups is 1. The predicted octanol–water partition coefficient (Wildman–Crippen LogP) is 2.84. The number of nitrogens with one attached hydrogen (secondary N) is 2. The van der Waals surface area contributed by atoms with E-state index in [1.54, 1.807) is 6.07 Å². The fraction of sp³-hybridized carbons (Fsp3) is 0.278. The summed E-state index contributed by atoms with van der Waals surface area (Å²) in [4.78, 5) is 11.1. The van der Waals surface area contributed by atoms with Gasteiger partial charge in [0.25, 0.3) is 0 Å². The first-order valence-electron chi connectivity index (χ1n) is 7.99. The van der Waals surface area contributed by atoms with Crippen LogP contribution in [0.3, 0.4) is 0 Å². The van der Waals surface area contributed by atoms with Crippen molar-refractivity contribution in [1.29, 1.82) is 0 Å². The molecule has 0 atom stereocenters. The molecule has 0 amide bonds. The van der Waals surface area contributed by atoms with E-state index in [1.165, 1.54) is 12.1 Å². The number of ether oxygens (including phenoxy) is 1. The van der Waals surface area contributed by atoms with Crippen LogP contribution < -0.4 is 21.1 Å². The van der Waals surface area contributed by atoms with Crippen LogP contribution >= 0.6 is 0 Å². The van der Waals surface area contributed by atoms with Gasteiger partial charge in [0.05, 0.1) is 16.9 Å². The van der Waals surface area contributed by atoms with E-state index in [1.807, 2.05) is 24.3 Å². The van der Waals surface area contributed by atoms with E-state index in [2.05, 4.69) is 10.6 Å².